The first-order valence-corrected chi connectivity index (χ1v) is 9.82. The van der Waals surface area contributed by atoms with E-state index in [1.165, 1.54) is 10.6 Å². The van der Waals surface area contributed by atoms with E-state index in [1.807, 2.05) is 22.3 Å². The van der Waals surface area contributed by atoms with Crippen LogP contribution in [0, 0.1) is 6.92 Å². The van der Waals surface area contributed by atoms with Gasteiger partial charge < -0.3 is 0 Å². The molecule has 0 spiro atoms. The summed E-state index contributed by atoms with van der Waals surface area (Å²) in [6.07, 6.45) is 1.13. The maximum absolute atomic E-state index is 5.02. The summed E-state index contributed by atoms with van der Waals surface area (Å²) < 4.78 is 2.03. The molecule has 2 heterocycles. The van der Waals surface area contributed by atoms with Gasteiger partial charge in [-0.3, -0.25) is 0 Å². The fourth-order valence-electron chi connectivity index (χ4n) is 2.80. The molecular weight excluding hydrogens is 326 g/mol. The number of aryl methyl sites for hydroxylation is 1. The fourth-order valence-corrected chi connectivity index (χ4v) is 3.78. The van der Waals surface area contributed by atoms with Crippen molar-refractivity contribution in [3.05, 3.63) is 47.8 Å². The highest BCUT2D eigenvalue weighted by Gasteiger charge is 2.22. The van der Waals surface area contributed by atoms with E-state index >= 15 is 0 Å². The van der Waals surface area contributed by atoms with Gasteiger partial charge in [0.1, 0.15) is 5.03 Å². The van der Waals surface area contributed by atoms with Crippen LogP contribution in [0.25, 0.3) is 16.8 Å². The van der Waals surface area contributed by atoms with Crippen LogP contribution in [0.15, 0.2) is 41.4 Å². The van der Waals surface area contributed by atoms with Crippen LogP contribution in [0.5, 0.6) is 0 Å². The Hall–Kier alpha value is -1.81. The first-order valence-electron chi connectivity index (χ1n) is 8.94. The molecule has 2 aromatic heterocycles. The van der Waals surface area contributed by atoms with E-state index in [9.17, 15) is 0 Å². The standard InChI is InChI=1S/C21H27N3S/c1-7-14(2)25-18-13-17(21(4,5)6)22-20-19(15(3)23-24(18)20)16-11-9-8-10-12-16/h8-14H,7H2,1-6H3. The van der Waals surface area contributed by atoms with Gasteiger partial charge in [-0.05, 0) is 25.0 Å². The van der Waals surface area contributed by atoms with Crippen molar-refractivity contribution >= 4 is 17.4 Å². The molecule has 0 N–H and O–H groups in total. The van der Waals surface area contributed by atoms with Gasteiger partial charge in [-0.2, -0.15) is 5.10 Å². The topological polar surface area (TPSA) is 30.2 Å². The molecule has 3 nitrogen and oxygen atoms in total. The number of benzene rings is 1. The molecule has 4 heteroatoms. The molecule has 0 saturated heterocycles. The summed E-state index contributed by atoms with van der Waals surface area (Å²) in [7, 11) is 0. The van der Waals surface area contributed by atoms with Crippen molar-refractivity contribution in [2.45, 2.75) is 63.7 Å². The second-order valence-electron chi connectivity index (χ2n) is 7.63. The quantitative estimate of drug-likeness (QED) is 0.432. The van der Waals surface area contributed by atoms with Gasteiger partial charge in [-0.15, -0.1) is 11.8 Å². The molecule has 3 rings (SSSR count). The van der Waals surface area contributed by atoms with Crippen molar-refractivity contribution in [3.63, 3.8) is 0 Å². The van der Waals surface area contributed by atoms with Crippen molar-refractivity contribution in [3.8, 4) is 11.1 Å². The highest BCUT2D eigenvalue weighted by molar-refractivity contribution is 7.99. The Morgan fingerprint density at radius 1 is 1.16 bits per heavy atom. The van der Waals surface area contributed by atoms with E-state index in [-0.39, 0.29) is 5.41 Å². The number of hydrogen-bond donors (Lipinski definition) is 0. The summed E-state index contributed by atoms with van der Waals surface area (Å²) >= 11 is 1.88. The lowest BCUT2D eigenvalue weighted by Crippen LogP contribution is -2.15. The predicted octanol–water partition coefficient (Wildman–Crippen LogP) is 5.89. The van der Waals surface area contributed by atoms with Crippen LogP contribution in [0.2, 0.25) is 0 Å². The van der Waals surface area contributed by atoms with E-state index in [0.717, 1.165) is 29.0 Å². The Bertz CT molecular complexity index is 876. The molecule has 0 aliphatic carbocycles. The van der Waals surface area contributed by atoms with E-state index in [4.69, 9.17) is 10.1 Å². The van der Waals surface area contributed by atoms with Gasteiger partial charge in [0.25, 0.3) is 0 Å². The Morgan fingerprint density at radius 2 is 1.84 bits per heavy atom. The predicted molar refractivity (Wildman–Crippen MR) is 107 cm³/mol. The van der Waals surface area contributed by atoms with E-state index in [2.05, 4.69) is 71.9 Å². The number of nitrogens with zero attached hydrogens (tertiary/aromatic N) is 3. The van der Waals surface area contributed by atoms with E-state index in [1.54, 1.807) is 0 Å². The number of fused-ring (bicyclic) bond motifs is 1. The minimum atomic E-state index is -0.00134. The van der Waals surface area contributed by atoms with Crippen LogP contribution in [-0.2, 0) is 5.41 Å². The van der Waals surface area contributed by atoms with Crippen molar-refractivity contribution in [1.29, 1.82) is 0 Å². The van der Waals surface area contributed by atoms with Gasteiger partial charge >= 0.3 is 0 Å². The zero-order valence-corrected chi connectivity index (χ0v) is 16.8. The number of thioether (sulfide) groups is 1. The minimum Gasteiger partial charge on any atom is -0.232 e. The third kappa shape index (κ3) is 3.59. The summed E-state index contributed by atoms with van der Waals surface area (Å²) in [5, 5.41) is 6.55. The molecule has 3 aromatic rings. The average molecular weight is 354 g/mol. The monoisotopic (exact) mass is 353 g/mol. The van der Waals surface area contributed by atoms with E-state index in [0.29, 0.717) is 5.25 Å². The van der Waals surface area contributed by atoms with Crippen molar-refractivity contribution < 1.29 is 0 Å². The Kier molecular flexibility index (Phi) is 4.92. The van der Waals surface area contributed by atoms with Gasteiger partial charge in [0, 0.05) is 16.2 Å². The highest BCUT2D eigenvalue weighted by Crippen LogP contribution is 2.34. The molecule has 0 aliphatic rings. The summed E-state index contributed by atoms with van der Waals surface area (Å²) in [5.41, 5.74) is 5.41. The molecule has 0 bridgehead atoms. The van der Waals surface area contributed by atoms with Crippen LogP contribution in [0.4, 0.5) is 0 Å². The molecule has 1 aromatic carbocycles. The summed E-state index contributed by atoms with van der Waals surface area (Å²) in [4.78, 5) is 5.02. The van der Waals surface area contributed by atoms with Crippen LogP contribution in [0.3, 0.4) is 0 Å². The van der Waals surface area contributed by atoms with Crippen LogP contribution < -0.4 is 0 Å². The van der Waals surface area contributed by atoms with Crippen LogP contribution in [-0.4, -0.2) is 19.8 Å². The van der Waals surface area contributed by atoms with Gasteiger partial charge in [-0.1, -0.05) is 65.0 Å². The largest absolute Gasteiger partial charge is 0.232 e. The Balaban J connectivity index is 2.29. The molecule has 1 atom stereocenters. The SMILES string of the molecule is CCC(C)Sc1cc(C(C)(C)C)nc2c(-c3ccccc3)c(C)nn12. The maximum atomic E-state index is 5.02. The van der Waals surface area contributed by atoms with Gasteiger partial charge in [-0.25, -0.2) is 9.50 Å². The molecule has 25 heavy (non-hydrogen) atoms. The van der Waals surface area contributed by atoms with Gasteiger partial charge in [0.2, 0.25) is 0 Å². The first-order chi connectivity index (χ1) is 11.8. The zero-order valence-electron chi connectivity index (χ0n) is 16.0. The van der Waals surface area contributed by atoms with Crippen molar-refractivity contribution in [2.75, 3.05) is 0 Å². The normalized spacial score (nSPS) is 13.4. The van der Waals surface area contributed by atoms with Crippen LogP contribution >= 0.6 is 11.8 Å². The van der Waals surface area contributed by atoms with Crippen LogP contribution in [0.1, 0.15) is 52.4 Å². The maximum Gasteiger partial charge on any atom is 0.164 e. The lowest BCUT2D eigenvalue weighted by molar-refractivity contribution is 0.563. The molecule has 0 radical (unpaired) electrons. The number of hydrogen-bond acceptors (Lipinski definition) is 3. The minimum absolute atomic E-state index is 0.00134. The molecule has 0 amide bonds. The lowest BCUT2D eigenvalue weighted by Gasteiger charge is -2.20. The summed E-state index contributed by atoms with van der Waals surface area (Å²) in [6, 6.07) is 12.7. The number of rotatable bonds is 4. The molecule has 1 unspecified atom stereocenters. The summed E-state index contributed by atoms with van der Waals surface area (Å²) in [5.74, 6) is 0. The smallest absolute Gasteiger partial charge is 0.164 e. The molecule has 132 valence electrons. The molecular formula is C21H27N3S. The molecule has 0 aliphatic heterocycles. The first kappa shape index (κ1) is 18.0. The second kappa shape index (κ2) is 6.83. The lowest BCUT2D eigenvalue weighted by atomic mass is 9.92. The number of aromatic nitrogens is 3. The van der Waals surface area contributed by atoms with Crippen molar-refractivity contribution in [2.24, 2.45) is 0 Å². The highest BCUT2D eigenvalue weighted by atomic mass is 32.2. The van der Waals surface area contributed by atoms with Crippen molar-refractivity contribution in [1.82, 2.24) is 14.6 Å². The second-order valence-corrected chi connectivity index (χ2v) is 9.09. The van der Waals surface area contributed by atoms with Gasteiger partial charge in [0.05, 0.1) is 11.4 Å². The Labute approximate surface area is 154 Å². The zero-order chi connectivity index (χ0) is 18.2. The summed E-state index contributed by atoms with van der Waals surface area (Å²) in [6.45, 7) is 13.2. The third-order valence-electron chi connectivity index (χ3n) is 4.46. The van der Waals surface area contributed by atoms with E-state index < -0.39 is 0 Å². The van der Waals surface area contributed by atoms with Gasteiger partial charge in [0.15, 0.2) is 5.65 Å². The average Bonchev–Trinajstić information content (AvgIpc) is 2.91. The third-order valence-corrected chi connectivity index (χ3v) is 5.73. The molecule has 0 fully saturated rings. The fraction of sp³-hybridized carbons (Fsp3) is 0.429. The molecule has 0 saturated carbocycles. The Morgan fingerprint density at radius 3 is 2.44 bits per heavy atom.